The minimum Gasteiger partial charge on any atom is -0.305 e. The largest absolute Gasteiger partial charge is 0.305 e. The lowest BCUT2D eigenvalue weighted by Crippen LogP contribution is -2.31. The molecule has 0 bridgehead atoms. The fourth-order valence-electron chi connectivity index (χ4n) is 8.07. The standard InChI is InChI=1S/2C22H27ClN6O2S/c2*1-13-8-9-19(13)29-20(27-28-22(29)18-7-5-6-14(2)26-18)12-32(30,31)16(4)15(3)21-24-10-17(23)11-25-21/h2*5-7,10-11,13,15-16,19H,8-9,12H2,1-4H3/t13-,15+,16+,19-;13-,15-,16-,19-/m10/s1. The molecule has 20 heteroatoms. The highest BCUT2D eigenvalue weighted by molar-refractivity contribution is 7.91. The Morgan fingerprint density at radius 2 is 0.938 bits per heavy atom. The SMILES string of the molecule is Cc1cccc(-c2nnc(CS(=O)(=O)[C@@H](C)[C@H](C)c3ncc(Cl)cn3)n2[C@@H]2CC[C@H]2C)n1.Cc1cccc(-c2nnc(CS(=O)(=O)[C@@H](C)[C@H](C)c3ncc(Cl)cn3)n2[C@H]2CC[C@@H]2C)n1. The van der Waals surface area contributed by atoms with Gasteiger partial charge in [-0.05, 0) is 89.5 Å². The second-order valence-corrected chi connectivity index (χ2v) is 22.9. The van der Waals surface area contributed by atoms with Crippen molar-refractivity contribution in [2.24, 2.45) is 11.8 Å². The van der Waals surface area contributed by atoms with Gasteiger partial charge in [0.25, 0.3) is 0 Å². The van der Waals surface area contributed by atoms with Crippen LogP contribution in [0.4, 0.5) is 0 Å². The van der Waals surface area contributed by atoms with Gasteiger partial charge in [0.05, 0.1) is 20.5 Å². The van der Waals surface area contributed by atoms with E-state index in [1.165, 1.54) is 24.8 Å². The molecular weight excluding hydrogens is 896 g/mol. The van der Waals surface area contributed by atoms with Crippen molar-refractivity contribution < 1.29 is 16.8 Å². The van der Waals surface area contributed by atoms with Crippen molar-refractivity contribution >= 4 is 42.9 Å². The summed E-state index contributed by atoms with van der Waals surface area (Å²) in [5.74, 6) is 2.71. The Hall–Kier alpha value is -4.78. The number of sulfone groups is 2. The van der Waals surface area contributed by atoms with Crippen LogP contribution in [0.2, 0.25) is 10.0 Å². The zero-order valence-corrected chi connectivity index (χ0v) is 40.4. The van der Waals surface area contributed by atoms with Gasteiger partial charge in [-0.15, -0.1) is 20.4 Å². The maximum atomic E-state index is 13.4. The Kier molecular flexibility index (Phi) is 14.3. The van der Waals surface area contributed by atoms with Crippen molar-refractivity contribution in [3.8, 4) is 23.0 Å². The van der Waals surface area contributed by atoms with Crippen molar-refractivity contribution in [3.63, 3.8) is 0 Å². The first kappa shape index (κ1) is 47.2. The van der Waals surface area contributed by atoms with Crippen molar-refractivity contribution in [1.82, 2.24) is 59.4 Å². The number of pyridine rings is 2. The van der Waals surface area contributed by atoms with Crippen LogP contribution in [0.5, 0.6) is 0 Å². The average Bonchev–Trinajstić information content (AvgIpc) is 3.84. The van der Waals surface area contributed by atoms with Crippen molar-refractivity contribution in [1.29, 1.82) is 0 Å². The van der Waals surface area contributed by atoms with E-state index in [-0.39, 0.29) is 23.6 Å². The normalized spacial score (nSPS) is 20.5. The minimum absolute atomic E-state index is 0.167. The Bertz CT molecular complexity index is 2610. The lowest BCUT2D eigenvalue weighted by Gasteiger charge is -2.36. The van der Waals surface area contributed by atoms with Crippen LogP contribution in [0.25, 0.3) is 23.0 Å². The molecule has 8 rings (SSSR count). The summed E-state index contributed by atoms with van der Waals surface area (Å²) in [6.07, 6.45) is 10.1. The van der Waals surface area contributed by atoms with E-state index < -0.39 is 42.0 Å². The number of rotatable bonds is 14. The summed E-state index contributed by atoms with van der Waals surface area (Å²) in [7, 11) is -7.12. The molecule has 0 amide bonds. The Morgan fingerprint density at radius 3 is 1.23 bits per heavy atom. The Balaban J connectivity index is 0.000000191. The summed E-state index contributed by atoms with van der Waals surface area (Å²) in [4.78, 5) is 26.0. The molecule has 0 radical (unpaired) electrons. The van der Waals surface area contributed by atoms with E-state index >= 15 is 0 Å². The molecule has 0 aliphatic heterocycles. The summed E-state index contributed by atoms with van der Waals surface area (Å²) in [6, 6.07) is 11.8. The van der Waals surface area contributed by atoms with Crippen LogP contribution in [-0.4, -0.2) is 86.8 Å². The summed E-state index contributed by atoms with van der Waals surface area (Å²) in [6.45, 7) is 15.2. The molecule has 6 aromatic heterocycles. The Labute approximate surface area is 385 Å². The second-order valence-electron chi connectivity index (χ2n) is 17.3. The highest BCUT2D eigenvalue weighted by Gasteiger charge is 2.38. The number of aromatic nitrogens is 12. The molecule has 340 valence electrons. The molecule has 2 aliphatic carbocycles. The molecule has 0 unspecified atom stereocenters. The first-order chi connectivity index (χ1) is 30.3. The van der Waals surface area contributed by atoms with E-state index in [0.29, 0.717) is 68.2 Å². The first-order valence-electron chi connectivity index (χ1n) is 21.5. The van der Waals surface area contributed by atoms with Gasteiger partial charge in [-0.3, -0.25) is 0 Å². The van der Waals surface area contributed by atoms with Gasteiger partial charge in [-0.25, -0.2) is 46.7 Å². The molecule has 2 aliphatic rings. The number of nitrogens with zero attached hydrogens (tertiary/aromatic N) is 12. The topological polar surface area (TPSA) is 207 Å². The van der Waals surface area contributed by atoms with Crippen molar-refractivity contribution in [2.45, 2.75) is 127 Å². The van der Waals surface area contributed by atoms with Crippen LogP contribution in [0.15, 0.2) is 61.2 Å². The van der Waals surface area contributed by atoms with Crippen LogP contribution in [0.3, 0.4) is 0 Å². The molecule has 0 aromatic carbocycles. The summed E-state index contributed by atoms with van der Waals surface area (Å²) in [5, 5.41) is 16.8. The molecule has 8 atom stereocenters. The number of halogens is 2. The molecule has 0 spiro atoms. The smallest absolute Gasteiger partial charge is 0.182 e. The zero-order valence-electron chi connectivity index (χ0n) is 37.2. The van der Waals surface area contributed by atoms with Gasteiger partial charge < -0.3 is 9.13 Å². The number of aryl methyl sites for hydroxylation is 2. The first-order valence-corrected chi connectivity index (χ1v) is 25.7. The lowest BCUT2D eigenvalue weighted by molar-refractivity contribution is 0.199. The second kappa shape index (κ2) is 19.4. The third-order valence-corrected chi connectivity index (χ3v) is 17.7. The van der Waals surface area contributed by atoms with Gasteiger partial charge in [0, 0.05) is 60.1 Å². The van der Waals surface area contributed by atoms with Crippen LogP contribution in [0, 0.1) is 25.7 Å². The quantitative estimate of drug-likeness (QED) is 0.101. The fourth-order valence-corrected chi connectivity index (χ4v) is 11.4. The van der Waals surface area contributed by atoms with Crippen LogP contribution in [0.1, 0.15) is 126 Å². The molecule has 0 saturated heterocycles. The minimum atomic E-state index is -3.56. The molecular formula is C44H54Cl2N12O4S2. The van der Waals surface area contributed by atoms with Crippen molar-refractivity contribution in [3.05, 3.63) is 106 Å². The molecule has 2 fully saturated rings. The van der Waals surface area contributed by atoms with E-state index in [0.717, 1.165) is 37.1 Å². The highest BCUT2D eigenvalue weighted by Crippen LogP contribution is 2.43. The third-order valence-electron chi connectivity index (χ3n) is 12.9. The van der Waals surface area contributed by atoms with E-state index in [2.05, 4.69) is 64.1 Å². The Morgan fingerprint density at radius 1 is 0.578 bits per heavy atom. The van der Waals surface area contributed by atoms with E-state index in [9.17, 15) is 16.8 Å². The van der Waals surface area contributed by atoms with Gasteiger partial charge in [0.15, 0.2) is 31.3 Å². The molecule has 2 saturated carbocycles. The predicted octanol–water partition coefficient (Wildman–Crippen LogP) is 8.34. The maximum Gasteiger partial charge on any atom is 0.182 e. The van der Waals surface area contributed by atoms with Crippen molar-refractivity contribution in [2.75, 3.05) is 0 Å². The summed E-state index contributed by atoms with van der Waals surface area (Å²) >= 11 is 11.7. The third kappa shape index (κ3) is 10.2. The molecule has 16 nitrogen and oxygen atoms in total. The molecule has 64 heavy (non-hydrogen) atoms. The highest BCUT2D eigenvalue weighted by atomic mass is 35.5. The lowest BCUT2D eigenvalue weighted by atomic mass is 9.81. The summed E-state index contributed by atoms with van der Waals surface area (Å²) in [5.41, 5.74) is 3.16. The summed E-state index contributed by atoms with van der Waals surface area (Å²) < 4.78 is 57.4. The monoisotopic (exact) mass is 948 g/mol. The number of hydrogen-bond donors (Lipinski definition) is 0. The van der Waals surface area contributed by atoms with E-state index in [4.69, 9.17) is 23.2 Å². The molecule has 6 aromatic rings. The molecule has 6 heterocycles. The van der Waals surface area contributed by atoms with Crippen LogP contribution < -0.4 is 0 Å². The predicted molar refractivity (Wildman–Crippen MR) is 246 cm³/mol. The molecule has 0 N–H and O–H groups in total. The van der Waals surface area contributed by atoms with E-state index in [1.54, 1.807) is 13.8 Å². The maximum absolute atomic E-state index is 13.4. The fraction of sp³-hybridized carbons (Fsp3) is 0.500. The van der Waals surface area contributed by atoms with Gasteiger partial charge in [-0.2, -0.15) is 0 Å². The van der Waals surface area contributed by atoms with Gasteiger partial charge in [-0.1, -0.05) is 63.0 Å². The van der Waals surface area contributed by atoms with E-state index in [1.807, 2.05) is 73.2 Å². The zero-order chi connectivity index (χ0) is 46.1. The average molecular weight is 950 g/mol. The van der Waals surface area contributed by atoms with Gasteiger partial charge in [0.2, 0.25) is 0 Å². The number of hydrogen-bond acceptors (Lipinski definition) is 14. The van der Waals surface area contributed by atoms with Gasteiger partial charge in [0.1, 0.15) is 46.2 Å². The van der Waals surface area contributed by atoms with Crippen LogP contribution in [-0.2, 0) is 31.2 Å². The van der Waals surface area contributed by atoms with Gasteiger partial charge >= 0.3 is 0 Å². The van der Waals surface area contributed by atoms with Crippen LogP contribution >= 0.6 is 23.2 Å².